The number of quaternary nitrogens is 1. The van der Waals surface area contributed by atoms with Gasteiger partial charge in [-0.2, -0.15) is 0 Å². The fourth-order valence-electron chi connectivity index (χ4n) is 14.3. The number of nitrogens with zero attached hydrogens (tertiary/aromatic N) is 9. The summed E-state index contributed by atoms with van der Waals surface area (Å²) in [4.78, 5) is 30.2. The number of aliphatic imine (C=N–C) groups is 4. The zero-order chi connectivity index (χ0) is 68.7. The standard InChI is InChI=1S/C48H24N8O12S4.C24H52N.Ga.H2O/c57-67-68-69-37-9-1-5-21-13-29-33(17-25(21)37)45-49-41(29)51-46-35-19-27-23(7-3-11-39(27)71(61,62)63)15-31(35)43(53-46)55-48-36-20-28-24(8-4-12-40(28)72(64,65)66)16-32(36)44(56-48)54-47-34-18-26-22(14-30(34)42(50-45)52-47)6-2-10-38(26)70(58,59)60;1-5-9-13-17-21-25(22-18-14-10-6-2,23-19-15-11-7-3)24-20-16-12-8-4;;/h1-20H,(H4-2,49,50,51,52,53,54,55,56,57,58,59,60,61,62,63,64,65,66);5-24H2,1-4H3;;1H2/q-2;+1;+2;/p-4. The molecule has 2 aromatic heterocycles. The van der Waals surface area contributed by atoms with Crippen LogP contribution in [0.15, 0.2) is 171 Å². The second kappa shape index (κ2) is 29.7. The van der Waals surface area contributed by atoms with Gasteiger partial charge in [0.05, 0.1) is 26.2 Å². The van der Waals surface area contributed by atoms with Gasteiger partial charge in [-0.05, 0) is 51.4 Å². The van der Waals surface area contributed by atoms with Crippen LogP contribution in [-0.4, -0.2) is 123 Å². The van der Waals surface area contributed by atoms with Crippen LogP contribution < -0.4 is 16.2 Å². The first-order valence-electron chi connectivity index (χ1n) is 33.6. The number of unbranched alkanes of at least 4 members (excludes halogenated alkanes) is 12. The molecular weight excluding hydrogens is 1400 g/mol. The number of rotatable bonds is 26. The predicted molar refractivity (Wildman–Crippen MR) is 383 cm³/mol. The summed E-state index contributed by atoms with van der Waals surface area (Å²) in [5.41, 5.74) is 2.28. The Balaban J connectivity index is 0.000000307. The molecule has 6 bridgehead atoms. The van der Waals surface area contributed by atoms with Gasteiger partial charge in [0, 0.05) is 0 Å². The maximum atomic E-state index is 12.8. The van der Waals surface area contributed by atoms with Gasteiger partial charge in [0.25, 0.3) is 0 Å². The van der Waals surface area contributed by atoms with Crippen molar-refractivity contribution in [3.8, 4) is 0 Å². The minimum absolute atomic E-state index is 0. The van der Waals surface area contributed by atoms with Gasteiger partial charge in [0.2, 0.25) is 0 Å². The molecule has 1 radical (unpaired) electrons. The van der Waals surface area contributed by atoms with Gasteiger partial charge < -0.3 is 9.96 Å². The second-order valence-corrected chi connectivity index (χ2v) is 33.1. The average Bonchev–Trinajstić information content (AvgIpc) is 1.56. The van der Waals surface area contributed by atoms with Crippen LogP contribution in [0.1, 0.15) is 153 Å². The van der Waals surface area contributed by atoms with E-state index >= 15 is 0 Å². The van der Waals surface area contributed by atoms with Gasteiger partial charge in [-0.1, -0.05) is 79.1 Å². The fraction of sp³-hybridized carbons (Fsp3) is 0.333. The van der Waals surface area contributed by atoms with E-state index in [1.54, 1.807) is 60.7 Å². The van der Waals surface area contributed by atoms with Crippen molar-refractivity contribution >= 4 is 160 Å². The van der Waals surface area contributed by atoms with E-state index < -0.39 is 62.9 Å². The molecule has 515 valence electrons. The molecule has 10 aromatic rings. The van der Waals surface area contributed by atoms with Gasteiger partial charge in [0.1, 0.15) is 0 Å². The third kappa shape index (κ3) is 14.4. The van der Waals surface area contributed by atoms with E-state index in [4.69, 9.17) is 34.3 Å². The minimum atomic E-state index is -5.02. The molecule has 2 N–H and O–H groups in total. The zero-order valence-electron chi connectivity index (χ0n) is 55.3. The molecule has 0 fully saturated rings. The molecule has 0 atom stereocenters. The summed E-state index contributed by atoms with van der Waals surface area (Å²) in [6.45, 7) is 15.2. The summed E-state index contributed by atoms with van der Waals surface area (Å²) in [6, 6.07) is 31.7. The first-order valence-corrected chi connectivity index (χ1v) is 40.7. The van der Waals surface area contributed by atoms with E-state index in [0.717, 1.165) is 0 Å². The molecule has 6 heterocycles. The maximum absolute atomic E-state index is 12.8. The van der Waals surface area contributed by atoms with Gasteiger partial charge in [0.15, 0.2) is 0 Å². The fourth-order valence-corrected chi connectivity index (χ4v) is 19.9. The number of aromatic nitrogens is 2. The van der Waals surface area contributed by atoms with Crippen molar-refractivity contribution in [1.82, 2.24) is 6.55 Å². The van der Waals surface area contributed by atoms with Crippen LogP contribution in [0, 0.1) is 0 Å². The Morgan fingerprint density at radius 3 is 1.19 bits per heavy atom. The van der Waals surface area contributed by atoms with Crippen molar-refractivity contribution in [2.75, 3.05) is 26.2 Å². The Labute approximate surface area is 586 Å². The summed E-state index contributed by atoms with van der Waals surface area (Å²) in [6.07, 6.45) is 22.8. The summed E-state index contributed by atoms with van der Waals surface area (Å²) in [5, 5.41) is 19.1. The van der Waals surface area contributed by atoms with E-state index in [0.29, 0.717) is 93.2 Å². The number of benzene rings is 8. The van der Waals surface area contributed by atoms with Crippen LogP contribution >= 0.6 is 12.0 Å². The zero-order valence-corrected chi connectivity index (χ0v) is 61.0. The number of hydrogen-bond acceptors (Lipinski definition) is 19. The van der Waals surface area contributed by atoms with Crippen molar-refractivity contribution < 1.29 is 63.5 Å². The molecule has 0 saturated heterocycles. The Hall–Kier alpha value is -7.32. The second-order valence-electron chi connectivity index (χ2n) is 25.7. The van der Waals surface area contributed by atoms with Crippen molar-refractivity contribution in [2.24, 2.45) is 30.0 Å². The van der Waals surface area contributed by atoms with E-state index in [1.807, 2.05) is 24.7 Å². The summed E-state index contributed by atoms with van der Waals surface area (Å²) >= 11 is -1.74. The van der Waals surface area contributed by atoms with Gasteiger partial charge in [-0.3, -0.25) is 0 Å². The average molecular weight is 1470 g/mol. The molecule has 0 amide bonds. The number of amidine groups is 4. The molecule has 4 aliphatic rings. The Kier molecular flexibility index (Phi) is 21.5. The van der Waals surface area contributed by atoms with Crippen LogP contribution in [0.2, 0.25) is 0 Å². The predicted octanol–water partition coefficient (Wildman–Crippen LogP) is 12.3. The van der Waals surface area contributed by atoms with Crippen LogP contribution in [0.5, 0.6) is 0 Å². The Morgan fingerprint density at radius 1 is 0.404 bits per heavy atom. The molecule has 8 aromatic carbocycles. The van der Waals surface area contributed by atoms with Crippen LogP contribution in [0.25, 0.3) is 64.6 Å². The molecule has 0 unspecified atom stereocenters. The number of fused-ring (bicyclic) bond motifs is 18. The molecule has 0 spiro atoms. The first-order chi connectivity index (χ1) is 47.2. The Morgan fingerprint density at radius 2 is 0.758 bits per heavy atom. The van der Waals surface area contributed by atoms with Crippen molar-refractivity contribution in [2.45, 2.75) is 150 Å². The molecule has 0 aliphatic carbocycles. The summed E-state index contributed by atoms with van der Waals surface area (Å²) in [5.74, 6) is 1.07. The molecule has 22 nitrogen and oxygen atoms in total. The van der Waals surface area contributed by atoms with Crippen LogP contribution in [0.3, 0.4) is 0 Å². The van der Waals surface area contributed by atoms with Gasteiger partial charge >= 0.3 is 424 Å². The normalized spacial score (nSPS) is 14.0. The molecule has 99 heavy (non-hydrogen) atoms. The van der Waals surface area contributed by atoms with Crippen molar-refractivity contribution in [3.63, 3.8) is 0 Å². The molecule has 4 aliphatic heterocycles. The Bertz CT molecular complexity index is 5450. The van der Waals surface area contributed by atoms with E-state index in [9.17, 15) is 44.2 Å². The molecule has 0 saturated carbocycles. The first kappa shape index (κ1) is 71.5. The van der Waals surface area contributed by atoms with E-state index in [-0.39, 0.29) is 62.1 Å². The van der Waals surface area contributed by atoms with Gasteiger partial charge in [-0.25, -0.2) is 0 Å². The van der Waals surface area contributed by atoms with Crippen LogP contribution in [-0.2, 0) is 39.7 Å². The third-order valence-electron chi connectivity index (χ3n) is 19.2. The summed E-state index contributed by atoms with van der Waals surface area (Å²) < 4.78 is 125. The monoisotopic (exact) mass is 1470 g/mol. The SMILES string of the molecule is CCCCCC[N+](CCCCCC)(CCCCCC)CCCCCC.O.O=S(=O)([O-])c1cccc2cc3c(cc12)C1=Nc2c4cc5cccc(S(=O)(=O)[O-])c5cc4c4[n]2[Ga][n]2c(c5cc6cccc(S(=O)(=O)[O-])c6cc5c2=NC3=N1)=NC1=NC(=N4)c2cc3cccc(SOO[O-])c3cc21. The van der Waals surface area contributed by atoms with Crippen LogP contribution in [0.4, 0.5) is 11.6 Å². The van der Waals surface area contributed by atoms with Gasteiger partial charge in [-0.15, -0.1) is 0 Å². The third-order valence-corrected chi connectivity index (χ3v) is 25.5. The quantitative estimate of drug-likeness (QED) is 0.00926. The van der Waals surface area contributed by atoms with E-state index in [1.165, 1.54) is 176 Å². The summed E-state index contributed by atoms with van der Waals surface area (Å²) in [7, 11) is -15.0. The van der Waals surface area contributed by atoms with E-state index in [2.05, 4.69) is 32.7 Å². The topological polar surface area (TPSA) is 329 Å². The molecule has 14 rings (SSSR count). The van der Waals surface area contributed by atoms with Crippen molar-refractivity contribution in [1.29, 1.82) is 0 Å². The molecular formula is C72H74GaN9O13S4-3. The number of hydrogen-bond donors (Lipinski definition) is 0. The van der Waals surface area contributed by atoms with Crippen molar-refractivity contribution in [3.05, 3.63) is 155 Å². The molecule has 27 heteroatoms.